The van der Waals surface area contributed by atoms with Crippen molar-refractivity contribution in [1.82, 2.24) is 14.8 Å². The van der Waals surface area contributed by atoms with Gasteiger partial charge in [-0.25, -0.2) is 0 Å². The number of nitrogens with zero attached hydrogens (tertiary/aromatic N) is 3. The van der Waals surface area contributed by atoms with E-state index in [2.05, 4.69) is 33.9 Å². The first kappa shape index (κ1) is 18.8. The number of thioether (sulfide) groups is 1. The van der Waals surface area contributed by atoms with Crippen LogP contribution in [-0.4, -0.2) is 33.0 Å². The number of aryl methyl sites for hydroxylation is 1. The molecule has 7 heteroatoms. The van der Waals surface area contributed by atoms with E-state index in [0.29, 0.717) is 11.4 Å². The number of amides is 1. The lowest BCUT2D eigenvalue weighted by atomic mass is 10.1. The standard InChI is InChI=1S/C19H26N4O2S/c1-13(2)17(18(24)20-14-9-6-7-10-15(14)25-3)26-19-22-21-16-11-5-4-8-12-23(16)19/h6-7,9-10,13,17H,4-5,8,11-12H2,1-3H3,(H,20,24). The van der Waals surface area contributed by atoms with E-state index in [1.165, 1.54) is 18.2 Å². The summed E-state index contributed by atoms with van der Waals surface area (Å²) in [5.41, 5.74) is 0.686. The van der Waals surface area contributed by atoms with Crippen molar-refractivity contribution in [3.63, 3.8) is 0 Å². The smallest absolute Gasteiger partial charge is 0.238 e. The molecule has 6 nitrogen and oxygen atoms in total. The Morgan fingerprint density at radius 2 is 2.04 bits per heavy atom. The normalized spacial score (nSPS) is 15.2. The molecule has 1 N–H and O–H groups in total. The topological polar surface area (TPSA) is 69.0 Å². The number of hydrogen-bond donors (Lipinski definition) is 1. The van der Waals surface area contributed by atoms with Gasteiger partial charge in [-0.15, -0.1) is 10.2 Å². The molecule has 1 aromatic heterocycles. The Kier molecular flexibility index (Phi) is 6.19. The number of methoxy groups -OCH3 is 1. The maximum atomic E-state index is 12.9. The van der Waals surface area contributed by atoms with Crippen LogP contribution < -0.4 is 10.1 Å². The van der Waals surface area contributed by atoms with Crippen molar-refractivity contribution in [3.05, 3.63) is 30.1 Å². The minimum atomic E-state index is -0.253. The quantitative estimate of drug-likeness (QED) is 0.780. The number of anilines is 1. The third-order valence-electron chi connectivity index (χ3n) is 4.54. The van der Waals surface area contributed by atoms with Crippen LogP contribution >= 0.6 is 11.8 Å². The van der Waals surface area contributed by atoms with Gasteiger partial charge in [0.25, 0.3) is 0 Å². The maximum Gasteiger partial charge on any atom is 0.238 e. The van der Waals surface area contributed by atoms with Gasteiger partial charge >= 0.3 is 0 Å². The Balaban J connectivity index is 1.77. The minimum absolute atomic E-state index is 0.0412. The van der Waals surface area contributed by atoms with Gasteiger partial charge < -0.3 is 14.6 Å². The first-order valence-corrected chi connectivity index (χ1v) is 10.0. The Hall–Kier alpha value is -2.02. The monoisotopic (exact) mass is 374 g/mol. The van der Waals surface area contributed by atoms with Crippen molar-refractivity contribution < 1.29 is 9.53 Å². The predicted molar refractivity (Wildman–Crippen MR) is 104 cm³/mol. The number of nitrogens with one attached hydrogen (secondary N) is 1. The molecule has 1 atom stereocenters. The molecule has 0 aliphatic carbocycles. The van der Waals surface area contributed by atoms with E-state index in [1.807, 2.05) is 24.3 Å². The molecule has 0 saturated carbocycles. The second kappa shape index (κ2) is 8.58. The lowest BCUT2D eigenvalue weighted by Gasteiger charge is -2.20. The molecule has 0 saturated heterocycles. The second-order valence-electron chi connectivity index (χ2n) is 6.83. The minimum Gasteiger partial charge on any atom is -0.495 e. The highest BCUT2D eigenvalue weighted by Gasteiger charge is 2.27. The number of hydrogen-bond acceptors (Lipinski definition) is 5. The van der Waals surface area contributed by atoms with Crippen LogP contribution in [0.1, 0.15) is 38.9 Å². The van der Waals surface area contributed by atoms with E-state index in [4.69, 9.17) is 4.74 Å². The van der Waals surface area contributed by atoms with Crippen LogP contribution in [0.4, 0.5) is 5.69 Å². The number of aromatic nitrogens is 3. The molecule has 1 aromatic carbocycles. The van der Waals surface area contributed by atoms with Gasteiger partial charge in [0.05, 0.1) is 18.0 Å². The lowest BCUT2D eigenvalue weighted by Crippen LogP contribution is -2.30. The zero-order valence-corrected chi connectivity index (χ0v) is 16.4. The van der Waals surface area contributed by atoms with Gasteiger partial charge in [0.1, 0.15) is 11.6 Å². The van der Waals surface area contributed by atoms with Crippen LogP contribution in [0.15, 0.2) is 29.4 Å². The maximum absolute atomic E-state index is 12.9. The van der Waals surface area contributed by atoms with E-state index in [0.717, 1.165) is 36.8 Å². The number of para-hydroxylation sites is 2. The SMILES string of the molecule is COc1ccccc1NC(=O)C(Sc1nnc2n1CCCCC2)C(C)C. The fourth-order valence-corrected chi connectivity index (χ4v) is 4.18. The zero-order chi connectivity index (χ0) is 18.5. The van der Waals surface area contributed by atoms with Crippen LogP contribution in [-0.2, 0) is 17.8 Å². The first-order valence-electron chi connectivity index (χ1n) is 9.12. The van der Waals surface area contributed by atoms with Gasteiger partial charge in [-0.3, -0.25) is 4.79 Å². The van der Waals surface area contributed by atoms with Gasteiger partial charge in [0, 0.05) is 13.0 Å². The molecular weight excluding hydrogens is 348 g/mol. The molecule has 0 fully saturated rings. The lowest BCUT2D eigenvalue weighted by molar-refractivity contribution is -0.116. The number of fused-ring (bicyclic) bond motifs is 1. The Labute approximate surface area is 158 Å². The van der Waals surface area contributed by atoms with Crippen molar-refractivity contribution in [2.75, 3.05) is 12.4 Å². The van der Waals surface area contributed by atoms with Crippen molar-refractivity contribution in [2.45, 2.75) is 56.5 Å². The highest BCUT2D eigenvalue weighted by Crippen LogP contribution is 2.31. The molecular formula is C19H26N4O2S. The van der Waals surface area contributed by atoms with Gasteiger partial charge in [-0.2, -0.15) is 0 Å². The number of carbonyl (C=O) groups excluding carboxylic acids is 1. The van der Waals surface area contributed by atoms with E-state index in [-0.39, 0.29) is 17.1 Å². The zero-order valence-electron chi connectivity index (χ0n) is 15.6. The van der Waals surface area contributed by atoms with E-state index >= 15 is 0 Å². The van der Waals surface area contributed by atoms with Crippen molar-refractivity contribution >= 4 is 23.4 Å². The fraction of sp³-hybridized carbons (Fsp3) is 0.526. The average molecular weight is 375 g/mol. The van der Waals surface area contributed by atoms with Gasteiger partial charge in [-0.1, -0.05) is 44.2 Å². The second-order valence-corrected chi connectivity index (χ2v) is 7.94. The van der Waals surface area contributed by atoms with Crippen molar-refractivity contribution in [3.8, 4) is 5.75 Å². The molecule has 3 rings (SSSR count). The number of rotatable bonds is 6. The summed E-state index contributed by atoms with van der Waals surface area (Å²) in [7, 11) is 1.60. The fourth-order valence-electron chi connectivity index (χ4n) is 3.10. The van der Waals surface area contributed by atoms with Crippen LogP contribution in [0, 0.1) is 5.92 Å². The summed E-state index contributed by atoms with van der Waals surface area (Å²) in [4.78, 5) is 12.9. The molecule has 26 heavy (non-hydrogen) atoms. The van der Waals surface area contributed by atoms with E-state index in [1.54, 1.807) is 7.11 Å². The molecule has 1 amide bonds. The highest BCUT2D eigenvalue weighted by atomic mass is 32.2. The molecule has 0 radical (unpaired) electrons. The Bertz CT molecular complexity index is 760. The summed E-state index contributed by atoms with van der Waals surface area (Å²) in [5.74, 6) is 1.82. The third kappa shape index (κ3) is 4.20. The van der Waals surface area contributed by atoms with Crippen LogP contribution in [0.3, 0.4) is 0 Å². The summed E-state index contributed by atoms with van der Waals surface area (Å²) < 4.78 is 7.52. The average Bonchev–Trinajstić information content (AvgIpc) is 2.85. The molecule has 140 valence electrons. The molecule has 2 aromatic rings. The first-order chi connectivity index (χ1) is 12.6. The summed E-state index contributed by atoms with van der Waals surface area (Å²) >= 11 is 1.50. The van der Waals surface area contributed by atoms with Gasteiger partial charge in [0.2, 0.25) is 5.91 Å². The third-order valence-corrected chi connectivity index (χ3v) is 6.06. The predicted octanol–water partition coefficient (Wildman–Crippen LogP) is 3.77. The van der Waals surface area contributed by atoms with Crippen LogP contribution in [0.5, 0.6) is 5.75 Å². The summed E-state index contributed by atoms with van der Waals surface area (Å²) in [5, 5.41) is 12.3. The highest BCUT2D eigenvalue weighted by molar-refractivity contribution is 8.00. The summed E-state index contributed by atoms with van der Waals surface area (Å²) in [6.07, 6.45) is 4.48. The number of ether oxygens (including phenoxy) is 1. The molecule has 0 spiro atoms. The molecule has 1 aliphatic rings. The molecule has 1 aliphatic heterocycles. The Morgan fingerprint density at radius 1 is 1.23 bits per heavy atom. The molecule has 1 unspecified atom stereocenters. The van der Waals surface area contributed by atoms with Crippen molar-refractivity contribution in [2.24, 2.45) is 5.92 Å². The largest absolute Gasteiger partial charge is 0.495 e. The summed E-state index contributed by atoms with van der Waals surface area (Å²) in [6.45, 7) is 5.04. The molecule has 2 heterocycles. The number of carbonyl (C=O) groups is 1. The van der Waals surface area contributed by atoms with Gasteiger partial charge in [0.15, 0.2) is 5.16 Å². The Morgan fingerprint density at radius 3 is 2.81 bits per heavy atom. The number of benzene rings is 1. The van der Waals surface area contributed by atoms with Crippen LogP contribution in [0.25, 0.3) is 0 Å². The van der Waals surface area contributed by atoms with Crippen LogP contribution in [0.2, 0.25) is 0 Å². The van der Waals surface area contributed by atoms with E-state index in [9.17, 15) is 4.79 Å². The summed E-state index contributed by atoms with van der Waals surface area (Å²) in [6, 6.07) is 7.45. The molecule has 0 bridgehead atoms. The van der Waals surface area contributed by atoms with Crippen molar-refractivity contribution in [1.29, 1.82) is 0 Å². The van der Waals surface area contributed by atoms with Gasteiger partial charge in [-0.05, 0) is 30.9 Å². The van der Waals surface area contributed by atoms with E-state index < -0.39 is 0 Å².